The average molecular weight is 298 g/mol. The van der Waals surface area contributed by atoms with E-state index in [0.29, 0.717) is 16.6 Å². The van der Waals surface area contributed by atoms with Gasteiger partial charge in [0.1, 0.15) is 5.82 Å². The van der Waals surface area contributed by atoms with Crippen molar-refractivity contribution in [3.8, 4) is 11.1 Å². The minimum Gasteiger partial charge on any atom is -0.313 e. The molecule has 0 amide bonds. The quantitative estimate of drug-likeness (QED) is 0.845. The van der Waals surface area contributed by atoms with Crippen molar-refractivity contribution < 1.29 is 4.39 Å². The first-order chi connectivity index (χ1) is 9.10. The van der Waals surface area contributed by atoms with Gasteiger partial charge in [0.25, 0.3) is 0 Å². The highest BCUT2D eigenvalue weighted by Crippen LogP contribution is 2.29. The molecular weight excluding hydrogens is 284 g/mol. The third-order valence-electron chi connectivity index (χ3n) is 2.81. The second kappa shape index (κ2) is 6.38. The fourth-order valence-electron chi connectivity index (χ4n) is 1.94. The summed E-state index contributed by atoms with van der Waals surface area (Å²) in [6.07, 6.45) is 0. The molecule has 1 nitrogen and oxygen atoms in total. The highest BCUT2D eigenvalue weighted by Gasteiger charge is 2.08. The smallest absolute Gasteiger partial charge is 0.125 e. The van der Waals surface area contributed by atoms with E-state index in [4.69, 9.17) is 23.2 Å². The van der Waals surface area contributed by atoms with E-state index in [1.54, 1.807) is 6.07 Å². The molecule has 0 saturated carbocycles. The lowest BCUT2D eigenvalue weighted by molar-refractivity contribution is 0.628. The van der Waals surface area contributed by atoms with E-state index in [1.165, 1.54) is 12.1 Å². The fourth-order valence-corrected chi connectivity index (χ4v) is 2.33. The third-order valence-corrected chi connectivity index (χ3v) is 3.26. The number of halogens is 3. The Morgan fingerprint density at radius 3 is 2.53 bits per heavy atom. The Hall–Kier alpha value is -1.09. The molecule has 0 saturated heterocycles. The van der Waals surface area contributed by atoms with Crippen molar-refractivity contribution in [3.05, 3.63) is 57.8 Å². The van der Waals surface area contributed by atoms with Gasteiger partial charge in [-0.3, -0.25) is 0 Å². The summed E-state index contributed by atoms with van der Waals surface area (Å²) in [4.78, 5) is 0. The molecule has 0 heterocycles. The van der Waals surface area contributed by atoms with Gasteiger partial charge in [-0.25, -0.2) is 4.39 Å². The SMILES string of the molecule is CCNCc1ccc(Cl)cc1-c1cc(F)cc(Cl)c1. The maximum absolute atomic E-state index is 13.5. The second-order valence-electron chi connectivity index (χ2n) is 4.24. The van der Waals surface area contributed by atoms with Gasteiger partial charge in [-0.2, -0.15) is 0 Å². The maximum Gasteiger partial charge on any atom is 0.125 e. The van der Waals surface area contributed by atoms with Crippen LogP contribution in [0.15, 0.2) is 36.4 Å². The minimum absolute atomic E-state index is 0.350. The van der Waals surface area contributed by atoms with Gasteiger partial charge < -0.3 is 5.32 Å². The van der Waals surface area contributed by atoms with Crippen molar-refractivity contribution in [2.45, 2.75) is 13.5 Å². The fraction of sp³-hybridized carbons (Fsp3) is 0.200. The van der Waals surface area contributed by atoms with Gasteiger partial charge in [0.15, 0.2) is 0 Å². The van der Waals surface area contributed by atoms with Crippen LogP contribution in [0.25, 0.3) is 11.1 Å². The van der Waals surface area contributed by atoms with Crippen molar-refractivity contribution in [1.82, 2.24) is 5.32 Å². The Morgan fingerprint density at radius 2 is 1.84 bits per heavy atom. The zero-order valence-electron chi connectivity index (χ0n) is 10.5. The molecular formula is C15H14Cl2FN. The number of benzene rings is 2. The summed E-state index contributed by atoms with van der Waals surface area (Å²) in [5.74, 6) is -0.350. The lowest BCUT2D eigenvalue weighted by Crippen LogP contribution is -2.12. The zero-order valence-corrected chi connectivity index (χ0v) is 12.0. The third kappa shape index (κ3) is 3.69. The van der Waals surface area contributed by atoms with Crippen molar-refractivity contribution >= 4 is 23.2 Å². The Labute approximate surface area is 122 Å². The Morgan fingerprint density at radius 1 is 1.05 bits per heavy atom. The summed E-state index contributed by atoms with van der Waals surface area (Å²) < 4.78 is 13.5. The standard InChI is InChI=1S/C15H14Cl2FN/c1-2-19-9-10-3-4-12(16)8-15(10)11-5-13(17)7-14(18)6-11/h3-8,19H,2,9H2,1H3. The lowest BCUT2D eigenvalue weighted by atomic mass is 9.99. The molecule has 0 atom stereocenters. The van der Waals surface area contributed by atoms with E-state index >= 15 is 0 Å². The van der Waals surface area contributed by atoms with E-state index in [2.05, 4.69) is 5.32 Å². The van der Waals surface area contributed by atoms with Crippen LogP contribution in [0.1, 0.15) is 12.5 Å². The molecule has 19 heavy (non-hydrogen) atoms. The molecule has 2 rings (SSSR count). The predicted molar refractivity (Wildman–Crippen MR) is 79.2 cm³/mol. The first kappa shape index (κ1) is 14.3. The molecule has 0 aliphatic heterocycles. The van der Waals surface area contributed by atoms with Crippen molar-refractivity contribution in [1.29, 1.82) is 0 Å². The molecule has 1 N–H and O–H groups in total. The van der Waals surface area contributed by atoms with E-state index in [-0.39, 0.29) is 5.82 Å². The Kier molecular flexibility index (Phi) is 4.81. The van der Waals surface area contributed by atoms with Gasteiger partial charge in [-0.1, -0.05) is 36.2 Å². The predicted octanol–water partition coefficient (Wildman–Crippen LogP) is 4.91. The summed E-state index contributed by atoms with van der Waals surface area (Å²) in [7, 11) is 0. The highest BCUT2D eigenvalue weighted by atomic mass is 35.5. The molecule has 0 fully saturated rings. The summed E-state index contributed by atoms with van der Waals surface area (Å²) in [5.41, 5.74) is 2.70. The van der Waals surface area contributed by atoms with Crippen molar-refractivity contribution in [2.24, 2.45) is 0 Å². The van der Waals surface area contributed by atoms with E-state index in [0.717, 1.165) is 23.2 Å². The van der Waals surface area contributed by atoms with Crippen LogP contribution in [0.2, 0.25) is 10.0 Å². The van der Waals surface area contributed by atoms with Crippen LogP contribution < -0.4 is 5.32 Å². The topological polar surface area (TPSA) is 12.0 Å². The molecule has 2 aromatic carbocycles. The molecule has 100 valence electrons. The van der Waals surface area contributed by atoms with Gasteiger partial charge in [-0.15, -0.1) is 0 Å². The van der Waals surface area contributed by atoms with Crippen LogP contribution in [0, 0.1) is 5.82 Å². The van der Waals surface area contributed by atoms with Crippen LogP contribution in [0.5, 0.6) is 0 Å². The van der Waals surface area contributed by atoms with E-state index in [1.807, 2.05) is 25.1 Å². The van der Waals surface area contributed by atoms with Crippen LogP contribution >= 0.6 is 23.2 Å². The number of hydrogen-bond donors (Lipinski definition) is 1. The minimum atomic E-state index is -0.350. The molecule has 4 heteroatoms. The zero-order chi connectivity index (χ0) is 13.8. The summed E-state index contributed by atoms with van der Waals surface area (Å²) in [6, 6.07) is 10.1. The van der Waals surface area contributed by atoms with Gasteiger partial charge in [0.2, 0.25) is 0 Å². The molecule has 0 bridgehead atoms. The first-order valence-corrected chi connectivity index (χ1v) is 6.81. The Balaban J connectivity index is 2.49. The average Bonchev–Trinajstić information content (AvgIpc) is 2.36. The summed E-state index contributed by atoms with van der Waals surface area (Å²) in [5, 5.41) is 4.25. The Bertz CT molecular complexity index is 564. The summed E-state index contributed by atoms with van der Waals surface area (Å²) in [6.45, 7) is 3.61. The molecule has 0 aromatic heterocycles. The van der Waals surface area contributed by atoms with Crippen LogP contribution in [0.4, 0.5) is 4.39 Å². The lowest BCUT2D eigenvalue weighted by Gasteiger charge is -2.11. The van der Waals surface area contributed by atoms with Crippen LogP contribution in [-0.4, -0.2) is 6.54 Å². The molecule has 0 unspecified atom stereocenters. The van der Waals surface area contributed by atoms with Crippen molar-refractivity contribution in [2.75, 3.05) is 6.54 Å². The molecule has 2 aromatic rings. The van der Waals surface area contributed by atoms with Crippen LogP contribution in [-0.2, 0) is 6.54 Å². The first-order valence-electron chi connectivity index (χ1n) is 6.05. The van der Waals surface area contributed by atoms with Gasteiger partial charge >= 0.3 is 0 Å². The molecule has 0 aliphatic carbocycles. The normalized spacial score (nSPS) is 10.7. The largest absolute Gasteiger partial charge is 0.313 e. The second-order valence-corrected chi connectivity index (χ2v) is 5.11. The number of nitrogens with one attached hydrogen (secondary N) is 1. The van der Waals surface area contributed by atoms with Crippen molar-refractivity contribution in [3.63, 3.8) is 0 Å². The van der Waals surface area contributed by atoms with E-state index < -0.39 is 0 Å². The number of hydrogen-bond acceptors (Lipinski definition) is 1. The summed E-state index contributed by atoms with van der Waals surface area (Å²) >= 11 is 11.9. The molecule has 0 aliphatic rings. The molecule has 0 radical (unpaired) electrons. The van der Waals surface area contributed by atoms with Gasteiger partial charge in [0, 0.05) is 16.6 Å². The van der Waals surface area contributed by atoms with E-state index in [9.17, 15) is 4.39 Å². The van der Waals surface area contributed by atoms with Gasteiger partial charge in [0.05, 0.1) is 0 Å². The van der Waals surface area contributed by atoms with Crippen LogP contribution in [0.3, 0.4) is 0 Å². The monoisotopic (exact) mass is 297 g/mol. The van der Waals surface area contributed by atoms with Gasteiger partial charge in [-0.05, 0) is 53.6 Å². The molecule has 0 spiro atoms. The number of rotatable bonds is 4. The highest BCUT2D eigenvalue weighted by molar-refractivity contribution is 6.31. The maximum atomic E-state index is 13.5.